The van der Waals surface area contributed by atoms with Crippen LogP contribution in [0, 0.1) is 19.7 Å². The summed E-state index contributed by atoms with van der Waals surface area (Å²) in [6, 6.07) is 7.66. The summed E-state index contributed by atoms with van der Waals surface area (Å²) in [7, 11) is 1.58. The first-order chi connectivity index (χ1) is 12.4. The summed E-state index contributed by atoms with van der Waals surface area (Å²) >= 11 is 0. The molecule has 0 atom stereocenters. The number of rotatable bonds is 5. The van der Waals surface area contributed by atoms with Crippen LogP contribution >= 0.6 is 0 Å². The predicted molar refractivity (Wildman–Crippen MR) is 94.2 cm³/mol. The molecule has 1 N–H and O–H groups in total. The van der Waals surface area contributed by atoms with Crippen LogP contribution in [0.1, 0.15) is 28.9 Å². The Morgan fingerprint density at radius 1 is 1.15 bits per heavy atom. The van der Waals surface area contributed by atoms with Gasteiger partial charge in [-0.3, -0.25) is 0 Å². The number of methoxy groups -OCH3 is 1. The predicted octanol–water partition coefficient (Wildman–Crippen LogP) is 4.94. The Labute approximate surface area is 149 Å². The van der Waals surface area contributed by atoms with E-state index in [1.54, 1.807) is 14.0 Å². The van der Waals surface area contributed by atoms with E-state index in [1.807, 2.05) is 19.1 Å². The van der Waals surface area contributed by atoms with Crippen molar-refractivity contribution in [3.63, 3.8) is 0 Å². The highest BCUT2D eigenvalue weighted by atomic mass is 19.3. The van der Waals surface area contributed by atoms with Crippen molar-refractivity contribution in [2.75, 3.05) is 12.4 Å². The molecule has 0 aliphatic rings. The Bertz CT molecular complexity index is 960. The summed E-state index contributed by atoms with van der Waals surface area (Å²) < 4.78 is 45.2. The fourth-order valence-electron chi connectivity index (χ4n) is 2.82. The maximum atomic E-state index is 14.2. The standard InChI is InChI=1S/C19H18F3N3O/c1-10-7-14-15(8-16(10)26-3)24-11(2)25-19(14)23-9-12-5-4-6-13(17(12)20)18(21)22/h4-8,18H,9H2,1-3H3,(H,23,24,25). The van der Waals surface area contributed by atoms with Crippen molar-refractivity contribution in [1.82, 2.24) is 9.97 Å². The molecule has 2 aromatic carbocycles. The molecule has 0 aliphatic heterocycles. The van der Waals surface area contributed by atoms with Gasteiger partial charge >= 0.3 is 0 Å². The molecule has 0 radical (unpaired) electrons. The van der Waals surface area contributed by atoms with Crippen LogP contribution in [0.3, 0.4) is 0 Å². The molecule has 3 rings (SSSR count). The van der Waals surface area contributed by atoms with E-state index in [-0.39, 0.29) is 12.1 Å². The lowest BCUT2D eigenvalue weighted by molar-refractivity contribution is 0.146. The number of nitrogens with one attached hydrogen (secondary N) is 1. The Morgan fingerprint density at radius 3 is 2.62 bits per heavy atom. The number of halogens is 3. The number of alkyl halides is 2. The number of aryl methyl sites for hydroxylation is 2. The van der Waals surface area contributed by atoms with E-state index in [2.05, 4.69) is 15.3 Å². The van der Waals surface area contributed by atoms with Crippen molar-refractivity contribution in [1.29, 1.82) is 0 Å². The fraction of sp³-hybridized carbons (Fsp3) is 0.263. The molecule has 1 aromatic heterocycles. The van der Waals surface area contributed by atoms with Gasteiger partial charge in [-0.25, -0.2) is 23.1 Å². The van der Waals surface area contributed by atoms with Crippen molar-refractivity contribution in [2.24, 2.45) is 0 Å². The van der Waals surface area contributed by atoms with Crippen molar-refractivity contribution < 1.29 is 17.9 Å². The second kappa shape index (κ2) is 7.19. The van der Waals surface area contributed by atoms with E-state index < -0.39 is 17.8 Å². The summed E-state index contributed by atoms with van der Waals surface area (Å²) in [4.78, 5) is 8.76. The molecule has 7 heteroatoms. The molecule has 0 amide bonds. The quantitative estimate of drug-likeness (QED) is 0.699. The first kappa shape index (κ1) is 18.0. The smallest absolute Gasteiger partial charge is 0.266 e. The van der Waals surface area contributed by atoms with Gasteiger partial charge in [-0.05, 0) is 25.5 Å². The van der Waals surface area contributed by atoms with Crippen LogP contribution < -0.4 is 10.1 Å². The van der Waals surface area contributed by atoms with E-state index in [9.17, 15) is 13.2 Å². The molecular weight excluding hydrogens is 343 g/mol. The third-order valence-corrected chi connectivity index (χ3v) is 4.11. The summed E-state index contributed by atoms with van der Waals surface area (Å²) in [6.45, 7) is 3.67. The van der Waals surface area contributed by atoms with Gasteiger partial charge in [0.05, 0.1) is 18.2 Å². The second-order valence-corrected chi connectivity index (χ2v) is 5.93. The molecule has 136 valence electrons. The molecule has 0 unspecified atom stereocenters. The van der Waals surface area contributed by atoms with Crippen LogP contribution in [0.15, 0.2) is 30.3 Å². The number of hydrogen-bond acceptors (Lipinski definition) is 4. The number of ether oxygens (including phenoxy) is 1. The first-order valence-electron chi connectivity index (χ1n) is 8.03. The molecular formula is C19H18F3N3O. The zero-order valence-corrected chi connectivity index (χ0v) is 14.6. The SMILES string of the molecule is COc1cc2nc(C)nc(NCc3cccc(C(F)F)c3F)c2cc1C. The summed E-state index contributed by atoms with van der Waals surface area (Å²) in [5.41, 5.74) is 1.14. The summed E-state index contributed by atoms with van der Waals surface area (Å²) in [5, 5.41) is 3.79. The average molecular weight is 361 g/mol. The molecule has 0 bridgehead atoms. The normalized spacial score (nSPS) is 11.2. The Kier molecular flexibility index (Phi) is 4.97. The lowest BCUT2D eigenvalue weighted by Crippen LogP contribution is -2.07. The van der Waals surface area contributed by atoms with Gasteiger partial charge in [0.15, 0.2) is 0 Å². The molecule has 0 spiro atoms. The largest absolute Gasteiger partial charge is 0.496 e. The Morgan fingerprint density at radius 2 is 1.92 bits per heavy atom. The lowest BCUT2D eigenvalue weighted by atomic mass is 10.1. The van der Waals surface area contributed by atoms with Gasteiger partial charge < -0.3 is 10.1 Å². The number of nitrogens with zero attached hydrogens (tertiary/aromatic N) is 2. The van der Waals surface area contributed by atoms with Gasteiger partial charge in [0, 0.05) is 23.6 Å². The zero-order valence-electron chi connectivity index (χ0n) is 14.6. The summed E-state index contributed by atoms with van der Waals surface area (Å²) in [5.74, 6) is 0.855. The minimum Gasteiger partial charge on any atom is -0.496 e. The molecule has 0 saturated carbocycles. The minimum absolute atomic E-state index is 0.0308. The second-order valence-electron chi connectivity index (χ2n) is 5.93. The molecule has 3 aromatic rings. The number of benzene rings is 2. The van der Waals surface area contributed by atoms with Crippen LogP contribution in [-0.4, -0.2) is 17.1 Å². The molecule has 1 heterocycles. The van der Waals surface area contributed by atoms with Gasteiger partial charge in [-0.15, -0.1) is 0 Å². The average Bonchev–Trinajstić information content (AvgIpc) is 2.60. The maximum Gasteiger partial charge on any atom is 0.266 e. The van der Waals surface area contributed by atoms with Crippen molar-refractivity contribution in [2.45, 2.75) is 26.8 Å². The third kappa shape index (κ3) is 3.42. The van der Waals surface area contributed by atoms with E-state index >= 15 is 0 Å². The lowest BCUT2D eigenvalue weighted by Gasteiger charge is -2.13. The van der Waals surface area contributed by atoms with Crippen LogP contribution in [0.2, 0.25) is 0 Å². The highest BCUT2D eigenvalue weighted by Crippen LogP contribution is 2.29. The molecule has 26 heavy (non-hydrogen) atoms. The topological polar surface area (TPSA) is 47.0 Å². The van der Waals surface area contributed by atoms with E-state index in [0.29, 0.717) is 22.9 Å². The highest BCUT2D eigenvalue weighted by Gasteiger charge is 2.16. The van der Waals surface area contributed by atoms with Gasteiger partial charge in [0.2, 0.25) is 0 Å². The van der Waals surface area contributed by atoms with Crippen LogP contribution in [0.5, 0.6) is 5.75 Å². The highest BCUT2D eigenvalue weighted by molar-refractivity contribution is 5.91. The van der Waals surface area contributed by atoms with E-state index in [4.69, 9.17) is 4.74 Å². The Balaban J connectivity index is 1.97. The number of fused-ring (bicyclic) bond motifs is 1. The van der Waals surface area contributed by atoms with Gasteiger partial charge in [-0.1, -0.05) is 18.2 Å². The molecule has 0 fully saturated rings. The third-order valence-electron chi connectivity index (χ3n) is 4.11. The van der Waals surface area contributed by atoms with Crippen LogP contribution in [0.4, 0.5) is 19.0 Å². The van der Waals surface area contributed by atoms with E-state index in [0.717, 1.165) is 17.0 Å². The van der Waals surface area contributed by atoms with Crippen LogP contribution in [0.25, 0.3) is 10.9 Å². The van der Waals surface area contributed by atoms with Crippen LogP contribution in [-0.2, 0) is 6.54 Å². The number of anilines is 1. The molecule has 0 saturated heterocycles. The molecule has 0 aliphatic carbocycles. The van der Waals surface area contributed by atoms with Gasteiger partial charge in [0.25, 0.3) is 6.43 Å². The van der Waals surface area contributed by atoms with Gasteiger partial charge in [-0.2, -0.15) is 0 Å². The summed E-state index contributed by atoms with van der Waals surface area (Å²) in [6.07, 6.45) is -2.85. The first-order valence-corrected chi connectivity index (χ1v) is 8.03. The molecule has 4 nitrogen and oxygen atoms in total. The van der Waals surface area contributed by atoms with Crippen molar-refractivity contribution >= 4 is 16.7 Å². The van der Waals surface area contributed by atoms with Gasteiger partial charge in [0.1, 0.15) is 23.2 Å². The Hall–Kier alpha value is -2.83. The van der Waals surface area contributed by atoms with Crippen molar-refractivity contribution in [3.8, 4) is 5.75 Å². The number of aromatic nitrogens is 2. The van der Waals surface area contributed by atoms with Crippen molar-refractivity contribution in [3.05, 3.63) is 58.7 Å². The minimum atomic E-state index is -2.85. The monoisotopic (exact) mass is 361 g/mol. The fourth-order valence-corrected chi connectivity index (χ4v) is 2.82. The maximum absolute atomic E-state index is 14.2. The van der Waals surface area contributed by atoms with E-state index in [1.165, 1.54) is 12.1 Å². The zero-order chi connectivity index (χ0) is 18.8. The number of hydrogen-bond donors (Lipinski definition) is 1.